The van der Waals surface area contributed by atoms with Crippen molar-refractivity contribution in [1.82, 2.24) is 4.57 Å². The lowest BCUT2D eigenvalue weighted by atomic mass is 9.98. The van der Waals surface area contributed by atoms with E-state index >= 15 is 0 Å². The maximum absolute atomic E-state index is 2.42. The predicted octanol–water partition coefficient (Wildman–Crippen LogP) is 14.0. The van der Waals surface area contributed by atoms with Crippen LogP contribution in [0.5, 0.6) is 0 Å². The van der Waals surface area contributed by atoms with E-state index in [0.717, 1.165) is 22.7 Å². The van der Waals surface area contributed by atoms with Gasteiger partial charge >= 0.3 is 0 Å². The molecule has 2 heterocycles. The Kier molecular flexibility index (Phi) is 7.04. The van der Waals surface area contributed by atoms with Gasteiger partial charge in [0, 0.05) is 53.7 Å². The normalized spacial score (nSPS) is 11.5. The first kappa shape index (κ1) is 29.5. The van der Waals surface area contributed by atoms with Gasteiger partial charge in [0.2, 0.25) is 0 Å². The molecule has 0 atom stereocenters. The van der Waals surface area contributed by atoms with E-state index in [1.807, 2.05) is 11.3 Å². The summed E-state index contributed by atoms with van der Waals surface area (Å²) >= 11 is 1.86. The Morgan fingerprint density at radius 3 is 1.80 bits per heavy atom. The number of anilines is 3. The number of aromatic nitrogens is 1. The molecule has 0 spiro atoms. The highest BCUT2D eigenvalue weighted by molar-refractivity contribution is 7.25. The zero-order valence-electron chi connectivity index (χ0n) is 27.8. The largest absolute Gasteiger partial charge is 0.310 e. The summed E-state index contributed by atoms with van der Waals surface area (Å²) in [6.45, 7) is 0. The molecule has 240 valence electrons. The number of thiophene rings is 1. The maximum atomic E-state index is 2.42. The molecule has 0 unspecified atom stereocenters. The Morgan fingerprint density at radius 2 is 0.980 bits per heavy atom. The molecule has 0 N–H and O–H groups in total. The fourth-order valence-electron chi connectivity index (χ4n) is 7.76. The van der Waals surface area contributed by atoms with Crippen LogP contribution in [0.1, 0.15) is 0 Å². The summed E-state index contributed by atoms with van der Waals surface area (Å²) in [5, 5.41) is 5.13. The highest BCUT2D eigenvalue weighted by Crippen LogP contribution is 2.44. The van der Waals surface area contributed by atoms with Gasteiger partial charge in [0.15, 0.2) is 0 Å². The van der Waals surface area contributed by atoms with Crippen molar-refractivity contribution >= 4 is 70.4 Å². The monoisotopic (exact) mass is 668 g/mol. The smallest absolute Gasteiger partial charge is 0.0562 e. The third-order valence-electron chi connectivity index (χ3n) is 9.96. The molecule has 0 amide bonds. The zero-order chi connectivity index (χ0) is 33.7. The molecule has 0 aliphatic rings. The highest BCUT2D eigenvalue weighted by Gasteiger charge is 2.20. The zero-order valence-corrected chi connectivity index (χ0v) is 28.6. The first-order valence-corrected chi connectivity index (χ1v) is 18.2. The summed E-state index contributed by atoms with van der Waals surface area (Å²) < 4.78 is 5.05. The van der Waals surface area contributed by atoms with Crippen LogP contribution in [-0.4, -0.2) is 4.57 Å². The quantitative estimate of drug-likeness (QED) is 0.171. The Hall–Kier alpha value is -6.42. The van der Waals surface area contributed by atoms with Gasteiger partial charge in [-0.3, -0.25) is 0 Å². The molecule has 2 aromatic heterocycles. The lowest BCUT2D eigenvalue weighted by Crippen LogP contribution is -2.10. The Balaban J connectivity index is 1.21. The summed E-state index contributed by atoms with van der Waals surface area (Å²) in [6.07, 6.45) is 0. The fraction of sp³-hybridized carbons (Fsp3) is 0. The van der Waals surface area contributed by atoms with E-state index in [9.17, 15) is 0 Å². The van der Waals surface area contributed by atoms with Crippen molar-refractivity contribution in [3.63, 3.8) is 0 Å². The molecule has 0 aliphatic heterocycles. The average molecular weight is 669 g/mol. The topological polar surface area (TPSA) is 8.17 Å². The number of fused-ring (bicyclic) bond motifs is 6. The van der Waals surface area contributed by atoms with E-state index in [2.05, 4.69) is 204 Å². The van der Waals surface area contributed by atoms with Crippen LogP contribution in [0, 0.1) is 0 Å². The maximum Gasteiger partial charge on any atom is 0.0562 e. The van der Waals surface area contributed by atoms with Gasteiger partial charge in [0.25, 0.3) is 0 Å². The molecule has 8 aromatic carbocycles. The van der Waals surface area contributed by atoms with E-state index in [4.69, 9.17) is 0 Å². The lowest BCUT2D eigenvalue weighted by molar-refractivity contribution is 1.18. The number of benzene rings is 8. The first-order valence-electron chi connectivity index (χ1n) is 17.4. The van der Waals surface area contributed by atoms with Gasteiger partial charge in [0.05, 0.1) is 11.0 Å². The number of nitrogens with zero attached hydrogens (tertiary/aromatic N) is 2. The Morgan fingerprint density at radius 1 is 0.373 bits per heavy atom. The SMILES string of the molecule is c1ccc(-c2cccc3c2c2ccc(N(c4ccccc4)c4cccc(-c5cccc6sc7ccccc7c56)c4)cc2n3-c2ccccc2)cc1. The van der Waals surface area contributed by atoms with Crippen LogP contribution in [0.15, 0.2) is 194 Å². The highest BCUT2D eigenvalue weighted by atomic mass is 32.1. The van der Waals surface area contributed by atoms with Crippen molar-refractivity contribution in [3.8, 4) is 27.9 Å². The van der Waals surface area contributed by atoms with Gasteiger partial charge in [-0.05, 0) is 89.0 Å². The first-order chi connectivity index (χ1) is 25.3. The third-order valence-corrected chi connectivity index (χ3v) is 11.1. The van der Waals surface area contributed by atoms with Gasteiger partial charge in [-0.15, -0.1) is 11.3 Å². The molecule has 0 bridgehead atoms. The molecule has 0 saturated heterocycles. The van der Waals surface area contributed by atoms with E-state index in [0.29, 0.717) is 0 Å². The van der Waals surface area contributed by atoms with Crippen LogP contribution in [0.25, 0.3) is 69.9 Å². The summed E-state index contributed by atoms with van der Waals surface area (Å²) in [5.74, 6) is 0. The fourth-order valence-corrected chi connectivity index (χ4v) is 8.89. The number of hydrogen-bond acceptors (Lipinski definition) is 2. The van der Waals surface area contributed by atoms with Gasteiger partial charge in [-0.25, -0.2) is 0 Å². The average Bonchev–Trinajstić information content (AvgIpc) is 3.75. The molecular weight excluding hydrogens is 637 g/mol. The summed E-state index contributed by atoms with van der Waals surface area (Å²) in [4.78, 5) is 2.39. The van der Waals surface area contributed by atoms with Crippen LogP contribution in [-0.2, 0) is 0 Å². The van der Waals surface area contributed by atoms with Crippen molar-refractivity contribution in [3.05, 3.63) is 194 Å². The van der Waals surface area contributed by atoms with Crippen molar-refractivity contribution < 1.29 is 0 Å². The molecule has 10 rings (SSSR count). The molecule has 2 nitrogen and oxygen atoms in total. The van der Waals surface area contributed by atoms with Gasteiger partial charge in [0.1, 0.15) is 0 Å². The number of para-hydroxylation sites is 2. The lowest BCUT2D eigenvalue weighted by Gasteiger charge is -2.26. The Labute approximate surface area is 300 Å². The number of hydrogen-bond donors (Lipinski definition) is 0. The second-order valence-corrected chi connectivity index (χ2v) is 14.0. The summed E-state index contributed by atoms with van der Waals surface area (Å²) in [6, 6.07) is 70.3. The predicted molar refractivity (Wildman–Crippen MR) is 219 cm³/mol. The minimum Gasteiger partial charge on any atom is -0.310 e. The van der Waals surface area contributed by atoms with E-state index in [1.165, 1.54) is 64.2 Å². The minimum atomic E-state index is 1.10. The van der Waals surface area contributed by atoms with Crippen molar-refractivity contribution in [2.24, 2.45) is 0 Å². The van der Waals surface area contributed by atoms with Crippen LogP contribution in [0.3, 0.4) is 0 Å². The minimum absolute atomic E-state index is 1.10. The second kappa shape index (κ2) is 12.2. The molecule has 0 radical (unpaired) electrons. The second-order valence-electron chi connectivity index (χ2n) is 12.9. The molecule has 0 aliphatic carbocycles. The molecule has 0 fully saturated rings. The van der Waals surface area contributed by atoms with Gasteiger partial charge < -0.3 is 9.47 Å². The standard InChI is InChI=1S/C48H32N2S/c1-4-15-33(16-5-1)39-24-13-26-43-47(39)41-30-29-38(32-44(41)50(43)36-20-8-3-9-21-36)49(35-18-6-2-7-19-35)37-22-12-17-34(31-37)40-25-14-28-46-48(40)42-23-10-11-27-45(42)51-46/h1-32H. The van der Waals surface area contributed by atoms with Crippen LogP contribution < -0.4 is 4.90 Å². The van der Waals surface area contributed by atoms with Crippen molar-refractivity contribution in [2.45, 2.75) is 0 Å². The van der Waals surface area contributed by atoms with Crippen LogP contribution in [0.4, 0.5) is 17.1 Å². The van der Waals surface area contributed by atoms with Gasteiger partial charge in [-0.2, -0.15) is 0 Å². The van der Waals surface area contributed by atoms with Crippen LogP contribution in [0.2, 0.25) is 0 Å². The Bertz CT molecular complexity index is 2850. The van der Waals surface area contributed by atoms with Crippen molar-refractivity contribution in [1.29, 1.82) is 0 Å². The summed E-state index contributed by atoms with van der Waals surface area (Å²) in [5.41, 5.74) is 11.8. The van der Waals surface area contributed by atoms with Crippen LogP contribution >= 0.6 is 11.3 Å². The summed E-state index contributed by atoms with van der Waals surface area (Å²) in [7, 11) is 0. The molecule has 51 heavy (non-hydrogen) atoms. The third kappa shape index (κ3) is 4.93. The van der Waals surface area contributed by atoms with E-state index in [-0.39, 0.29) is 0 Å². The molecule has 0 saturated carbocycles. The number of rotatable bonds is 6. The van der Waals surface area contributed by atoms with E-state index < -0.39 is 0 Å². The van der Waals surface area contributed by atoms with Crippen molar-refractivity contribution in [2.75, 3.05) is 4.90 Å². The van der Waals surface area contributed by atoms with Gasteiger partial charge in [-0.1, -0.05) is 127 Å². The molecule has 3 heteroatoms. The van der Waals surface area contributed by atoms with E-state index in [1.54, 1.807) is 0 Å². The molecular formula is C48H32N2S. The molecule has 10 aromatic rings.